The summed E-state index contributed by atoms with van der Waals surface area (Å²) >= 11 is 0. The van der Waals surface area contributed by atoms with Crippen LogP contribution in [0.5, 0.6) is 0 Å². The number of carbonyl (C=O) groups excluding carboxylic acids is 2. The minimum atomic E-state index is 0.0437. The number of carbonyl (C=O) groups is 2. The molecule has 2 aliphatic heterocycles. The molecule has 4 heteroatoms. The molecule has 2 amide bonds. The molecule has 1 aliphatic carbocycles. The van der Waals surface area contributed by atoms with Crippen molar-refractivity contribution in [3.63, 3.8) is 0 Å². The highest BCUT2D eigenvalue weighted by molar-refractivity contribution is 5.97. The van der Waals surface area contributed by atoms with Gasteiger partial charge in [0.2, 0.25) is 11.8 Å². The molecule has 2 heterocycles. The molecule has 0 radical (unpaired) electrons. The normalized spacial score (nSPS) is 28.7. The number of benzene rings is 1. The van der Waals surface area contributed by atoms with Gasteiger partial charge in [-0.2, -0.15) is 0 Å². The second-order valence-corrected chi connectivity index (χ2v) is 6.86. The Morgan fingerprint density at radius 3 is 2.50 bits per heavy atom. The van der Waals surface area contributed by atoms with Crippen molar-refractivity contribution in [1.82, 2.24) is 9.80 Å². The maximum atomic E-state index is 12.5. The van der Waals surface area contributed by atoms with Crippen molar-refractivity contribution in [2.45, 2.75) is 50.7 Å². The Bertz CT molecular complexity index is 582. The molecule has 2 unspecified atom stereocenters. The molecule has 4 rings (SSSR count). The SMILES string of the molecule is O=C1CC2CCC(CN1C(=O)C1CC1)N2Cc1ccccc1. The number of rotatable bonds is 3. The minimum absolute atomic E-state index is 0.0437. The molecule has 2 atom stereocenters. The molecule has 22 heavy (non-hydrogen) atoms. The van der Waals surface area contributed by atoms with Gasteiger partial charge >= 0.3 is 0 Å². The predicted molar refractivity (Wildman–Crippen MR) is 82.9 cm³/mol. The summed E-state index contributed by atoms with van der Waals surface area (Å²) in [5.41, 5.74) is 1.29. The van der Waals surface area contributed by atoms with Gasteiger partial charge in [-0.05, 0) is 31.2 Å². The third kappa shape index (κ3) is 2.56. The third-order valence-corrected chi connectivity index (χ3v) is 5.28. The van der Waals surface area contributed by atoms with Gasteiger partial charge < -0.3 is 0 Å². The van der Waals surface area contributed by atoms with Crippen molar-refractivity contribution < 1.29 is 9.59 Å². The number of hydrogen-bond acceptors (Lipinski definition) is 3. The van der Waals surface area contributed by atoms with Gasteiger partial charge in [0, 0.05) is 37.5 Å². The number of imide groups is 1. The van der Waals surface area contributed by atoms with Gasteiger partial charge in [-0.1, -0.05) is 30.3 Å². The molecule has 1 saturated carbocycles. The lowest BCUT2D eigenvalue weighted by molar-refractivity contribution is -0.145. The van der Waals surface area contributed by atoms with E-state index in [0.717, 1.165) is 32.2 Å². The van der Waals surface area contributed by atoms with Crippen LogP contribution in [0.4, 0.5) is 0 Å². The smallest absolute Gasteiger partial charge is 0.232 e. The van der Waals surface area contributed by atoms with Crippen molar-refractivity contribution >= 4 is 11.8 Å². The van der Waals surface area contributed by atoms with E-state index in [-0.39, 0.29) is 17.7 Å². The summed E-state index contributed by atoms with van der Waals surface area (Å²) in [4.78, 5) is 28.8. The van der Waals surface area contributed by atoms with E-state index in [4.69, 9.17) is 0 Å². The predicted octanol–water partition coefficient (Wildman–Crippen LogP) is 2.19. The van der Waals surface area contributed by atoms with E-state index in [2.05, 4.69) is 29.2 Å². The van der Waals surface area contributed by atoms with E-state index in [1.807, 2.05) is 6.07 Å². The van der Waals surface area contributed by atoms with Crippen LogP contribution in [0.15, 0.2) is 30.3 Å². The second kappa shape index (κ2) is 5.51. The summed E-state index contributed by atoms with van der Waals surface area (Å²) in [6.07, 6.45) is 4.60. The maximum Gasteiger partial charge on any atom is 0.232 e. The van der Waals surface area contributed by atoms with Crippen molar-refractivity contribution in [3.8, 4) is 0 Å². The van der Waals surface area contributed by atoms with Gasteiger partial charge in [0.15, 0.2) is 0 Å². The van der Waals surface area contributed by atoms with Crippen LogP contribution in [0.3, 0.4) is 0 Å². The zero-order valence-electron chi connectivity index (χ0n) is 12.8. The Balaban J connectivity index is 1.52. The van der Waals surface area contributed by atoms with Crippen LogP contribution in [0.25, 0.3) is 0 Å². The average Bonchev–Trinajstić information content (AvgIpc) is 3.31. The Labute approximate surface area is 131 Å². The summed E-state index contributed by atoms with van der Waals surface area (Å²) in [7, 11) is 0. The summed E-state index contributed by atoms with van der Waals surface area (Å²) < 4.78 is 0. The highest BCUT2D eigenvalue weighted by Crippen LogP contribution is 2.36. The van der Waals surface area contributed by atoms with E-state index >= 15 is 0 Å². The molecule has 3 fully saturated rings. The Morgan fingerprint density at radius 1 is 1.05 bits per heavy atom. The van der Waals surface area contributed by atoms with Gasteiger partial charge in [-0.3, -0.25) is 19.4 Å². The molecule has 2 saturated heterocycles. The fourth-order valence-corrected chi connectivity index (χ4v) is 3.87. The lowest BCUT2D eigenvalue weighted by Gasteiger charge is -2.28. The molecule has 0 N–H and O–H groups in total. The molecular weight excluding hydrogens is 276 g/mol. The first-order valence-electron chi connectivity index (χ1n) is 8.36. The summed E-state index contributed by atoms with van der Waals surface area (Å²) in [5.74, 6) is 0.252. The molecule has 0 aromatic heterocycles. The highest BCUT2D eigenvalue weighted by atomic mass is 16.2. The van der Waals surface area contributed by atoms with Crippen molar-refractivity contribution in [2.75, 3.05) is 6.54 Å². The van der Waals surface area contributed by atoms with Gasteiger partial charge in [0.05, 0.1) is 0 Å². The molecule has 116 valence electrons. The summed E-state index contributed by atoms with van der Waals surface area (Å²) in [6, 6.07) is 11.1. The fourth-order valence-electron chi connectivity index (χ4n) is 3.87. The second-order valence-electron chi connectivity index (χ2n) is 6.86. The van der Waals surface area contributed by atoms with Gasteiger partial charge in [-0.15, -0.1) is 0 Å². The average molecular weight is 298 g/mol. The van der Waals surface area contributed by atoms with E-state index in [0.29, 0.717) is 25.0 Å². The first kappa shape index (κ1) is 13.9. The number of fused-ring (bicyclic) bond motifs is 2. The van der Waals surface area contributed by atoms with Gasteiger partial charge in [-0.25, -0.2) is 0 Å². The molecule has 2 bridgehead atoms. The number of hydrogen-bond donors (Lipinski definition) is 0. The number of amides is 2. The Morgan fingerprint density at radius 2 is 1.77 bits per heavy atom. The Hall–Kier alpha value is -1.68. The largest absolute Gasteiger partial charge is 0.291 e. The number of nitrogens with zero attached hydrogens (tertiary/aromatic N) is 2. The zero-order chi connectivity index (χ0) is 15.1. The molecular formula is C18H22N2O2. The minimum Gasteiger partial charge on any atom is -0.291 e. The van der Waals surface area contributed by atoms with Crippen LogP contribution in [0.2, 0.25) is 0 Å². The van der Waals surface area contributed by atoms with E-state index in [9.17, 15) is 9.59 Å². The van der Waals surface area contributed by atoms with Crippen LogP contribution in [-0.4, -0.2) is 40.2 Å². The first-order valence-corrected chi connectivity index (χ1v) is 8.36. The third-order valence-electron chi connectivity index (χ3n) is 5.28. The molecule has 3 aliphatic rings. The standard InChI is InChI=1S/C18H22N2O2/c21-17-10-15-8-9-16(12-20(17)18(22)14-6-7-14)19(15)11-13-4-2-1-3-5-13/h1-5,14-16H,6-12H2. The van der Waals surface area contributed by atoms with E-state index < -0.39 is 0 Å². The van der Waals surface area contributed by atoms with Crippen molar-refractivity contribution in [3.05, 3.63) is 35.9 Å². The van der Waals surface area contributed by atoms with E-state index in [1.54, 1.807) is 4.90 Å². The van der Waals surface area contributed by atoms with Crippen molar-refractivity contribution in [1.29, 1.82) is 0 Å². The zero-order valence-corrected chi connectivity index (χ0v) is 12.8. The fraction of sp³-hybridized carbons (Fsp3) is 0.556. The lowest BCUT2D eigenvalue weighted by atomic mass is 10.1. The molecule has 1 aromatic carbocycles. The molecule has 0 spiro atoms. The first-order chi connectivity index (χ1) is 10.7. The molecule has 1 aromatic rings. The highest BCUT2D eigenvalue weighted by Gasteiger charge is 2.44. The maximum absolute atomic E-state index is 12.5. The van der Waals surface area contributed by atoms with E-state index in [1.165, 1.54) is 5.56 Å². The lowest BCUT2D eigenvalue weighted by Crippen LogP contribution is -2.43. The topological polar surface area (TPSA) is 40.6 Å². The Kier molecular flexibility index (Phi) is 3.49. The molecule has 4 nitrogen and oxygen atoms in total. The quantitative estimate of drug-likeness (QED) is 0.803. The number of likely N-dealkylation sites (tertiary alicyclic amines) is 1. The van der Waals surface area contributed by atoms with Crippen LogP contribution in [0, 0.1) is 5.92 Å². The van der Waals surface area contributed by atoms with Crippen LogP contribution >= 0.6 is 0 Å². The summed E-state index contributed by atoms with van der Waals surface area (Å²) in [6.45, 7) is 1.48. The van der Waals surface area contributed by atoms with Crippen LogP contribution < -0.4 is 0 Å². The van der Waals surface area contributed by atoms with Crippen molar-refractivity contribution in [2.24, 2.45) is 5.92 Å². The monoisotopic (exact) mass is 298 g/mol. The summed E-state index contributed by atoms with van der Waals surface area (Å²) in [5, 5.41) is 0. The van der Waals surface area contributed by atoms with Gasteiger partial charge in [0.1, 0.15) is 0 Å². The van der Waals surface area contributed by atoms with Crippen LogP contribution in [0.1, 0.15) is 37.7 Å². The van der Waals surface area contributed by atoms with Crippen LogP contribution in [-0.2, 0) is 16.1 Å². The van der Waals surface area contributed by atoms with Gasteiger partial charge in [0.25, 0.3) is 0 Å².